The molecule has 192 valence electrons. The van der Waals surface area contributed by atoms with Crippen molar-refractivity contribution in [3.05, 3.63) is 58.1 Å². The molecule has 1 N–H and O–H groups in total. The molecule has 2 aliphatic rings. The molecule has 1 saturated carbocycles. The first-order chi connectivity index (χ1) is 17.4. The van der Waals surface area contributed by atoms with Gasteiger partial charge in [-0.05, 0) is 61.6 Å². The van der Waals surface area contributed by atoms with Crippen LogP contribution in [-0.2, 0) is 17.7 Å². The number of aromatic nitrogens is 2. The molecule has 1 aromatic heterocycles. The minimum absolute atomic E-state index is 0.129. The van der Waals surface area contributed by atoms with Gasteiger partial charge in [-0.15, -0.1) is 0 Å². The molecule has 6 nitrogen and oxygen atoms in total. The van der Waals surface area contributed by atoms with Gasteiger partial charge in [0.15, 0.2) is 0 Å². The number of benzene rings is 2. The van der Waals surface area contributed by atoms with Gasteiger partial charge < -0.3 is 19.5 Å². The first-order valence-corrected chi connectivity index (χ1v) is 13.4. The molecule has 0 saturated heterocycles. The normalized spacial score (nSPS) is 17.4. The predicted molar refractivity (Wildman–Crippen MR) is 142 cm³/mol. The zero-order chi connectivity index (χ0) is 25.2. The Morgan fingerprint density at radius 2 is 1.97 bits per heavy atom. The molecule has 36 heavy (non-hydrogen) atoms. The third-order valence-corrected chi connectivity index (χ3v) is 8.02. The molecular weight excluding hydrogens is 502 g/mol. The minimum atomic E-state index is -0.422. The number of nitrogens with one attached hydrogen (secondary N) is 1. The number of ether oxygens (including phenoxy) is 1. The summed E-state index contributed by atoms with van der Waals surface area (Å²) in [6, 6.07) is 8.32. The Balaban J connectivity index is 1.23. The van der Waals surface area contributed by atoms with Crippen molar-refractivity contribution in [3.8, 4) is 0 Å². The van der Waals surface area contributed by atoms with Gasteiger partial charge in [0.2, 0.25) is 0 Å². The summed E-state index contributed by atoms with van der Waals surface area (Å²) in [5, 5.41) is 3.93. The molecular formula is C27H31Cl2FN4O2. The van der Waals surface area contributed by atoms with Gasteiger partial charge in [0.25, 0.3) is 0 Å². The first kappa shape index (κ1) is 25.2. The van der Waals surface area contributed by atoms with Crippen molar-refractivity contribution in [1.29, 1.82) is 0 Å². The summed E-state index contributed by atoms with van der Waals surface area (Å²) in [4.78, 5) is 19.6. The van der Waals surface area contributed by atoms with Gasteiger partial charge in [-0.3, -0.25) is 0 Å². The molecule has 2 aromatic carbocycles. The molecule has 5 rings (SSSR count). The van der Waals surface area contributed by atoms with Crippen LogP contribution in [0, 0.1) is 11.7 Å². The number of anilines is 1. The number of rotatable bonds is 8. The van der Waals surface area contributed by atoms with Gasteiger partial charge in [-0.25, -0.2) is 14.2 Å². The molecule has 1 fully saturated rings. The van der Waals surface area contributed by atoms with E-state index in [0.29, 0.717) is 29.1 Å². The van der Waals surface area contributed by atoms with Crippen LogP contribution in [0.2, 0.25) is 10.0 Å². The van der Waals surface area contributed by atoms with E-state index in [-0.39, 0.29) is 18.0 Å². The monoisotopic (exact) mass is 532 g/mol. The first-order valence-electron chi connectivity index (χ1n) is 12.7. The quantitative estimate of drug-likeness (QED) is 0.354. The maximum Gasteiger partial charge on any atom is 0.407 e. The molecule has 0 spiro atoms. The fourth-order valence-corrected chi connectivity index (χ4v) is 5.90. The number of hydrogen-bond acceptors (Lipinski definition) is 4. The van der Waals surface area contributed by atoms with E-state index in [9.17, 15) is 9.18 Å². The van der Waals surface area contributed by atoms with E-state index in [1.165, 1.54) is 31.7 Å². The van der Waals surface area contributed by atoms with Crippen LogP contribution in [0.15, 0.2) is 36.7 Å². The second-order valence-electron chi connectivity index (χ2n) is 10.1. The Labute approximate surface area is 220 Å². The van der Waals surface area contributed by atoms with E-state index >= 15 is 0 Å². The van der Waals surface area contributed by atoms with Crippen molar-refractivity contribution in [2.75, 3.05) is 18.0 Å². The number of amides is 1. The van der Waals surface area contributed by atoms with Gasteiger partial charge in [0.05, 0.1) is 34.0 Å². The number of imidazole rings is 1. The van der Waals surface area contributed by atoms with E-state index in [0.717, 1.165) is 41.7 Å². The Kier molecular flexibility index (Phi) is 7.58. The van der Waals surface area contributed by atoms with Gasteiger partial charge >= 0.3 is 6.09 Å². The largest absolute Gasteiger partial charge is 0.444 e. The number of fused-ring (bicyclic) bond motifs is 2. The lowest BCUT2D eigenvalue weighted by molar-refractivity contribution is 0.0711. The predicted octanol–water partition coefficient (Wildman–Crippen LogP) is 6.61. The molecule has 2 heterocycles. The highest BCUT2D eigenvalue weighted by Crippen LogP contribution is 2.32. The number of halogens is 3. The SMILES string of the molecule is CC(CN1CCc2cc(F)ccc21)NC(=O)OC(CC1CCCC1)Cn1cnc2cc(Cl)c(Cl)cc21. The van der Waals surface area contributed by atoms with Crippen LogP contribution in [0.3, 0.4) is 0 Å². The maximum absolute atomic E-state index is 13.5. The Bertz CT molecular complexity index is 1240. The summed E-state index contributed by atoms with van der Waals surface area (Å²) in [6.45, 7) is 3.90. The number of carbonyl (C=O) groups excluding carboxylic acids is 1. The van der Waals surface area contributed by atoms with Gasteiger partial charge in [-0.2, -0.15) is 0 Å². The van der Waals surface area contributed by atoms with Crippen molar-refractivity contribution in [2.45, 2.75) is 64.1 Å². The summed E-state index contributed by atoms with van der Waals surface area (Å²) in [6.07, 6.45) is 7.44. The highest BCUT2D eigenvalue weighted by Gasteiger charge is 2.26. The van der Waals surface area contributed by atoms with Gasteiger partial charge in [0.1, 0.15) is 11.9 Å². The second-order valence-corrected chi connectivity index (χ2v) is 10.9. The topological polar surface area (TPSA) is 59.4 Å². The van der Waals surface area contributed by atoms with Gasteiger partial charge in [-0.1, -0.05) is 48.9 Å². The number of alkyl carbamates (subject to hydrolysis) is 1. The molecule has 2 unspecified atom stereocenters. The van der Waals surface area contributed by atoms with Crippen molar-refractivity contribution in [2.24, 2.45) is 5.92 Å². The Morgan fingerprint density at radius 1 is 1.19 bits per heavy atom. The summed E-state index contributed by atoms with van der Waals surface area (Å²) < 4.78 is 21.5. The average molecular weight is 533 g/mol. The molecule has 1 amide bonds. The lowest BCUT2D eigenvalue weighted by Crippen LogP contribution is -2.43. The van der Waals surface area contributed by atoms with Crippen LogP contribution in [-0.4, -0.2) is 40.9 Å². The molecule has 0 radical (unpaired) electrons. The average Bonchev–Trinajstić information content (AvgIpc) is 3.56. The third kappa shape index (κ3) is 5.73. The van der Waals surface area contributed by atoms with Crippen LogP contribution in [0.4, 0.5) is 14.9 Å². The highest BCUT2D eigenvalue weighted by atomic mass is 35.5. The van der Waals surface area contributed by atoms with E-state index in [2.05, 4.69) is 15.2 Å². The maximum atomic E-state index is 13.5. The number of hydrogen-bond donors (Lipinski definition) is 1. The summed E-state index contributed by atoms with van der Waals surface area (Å²) >= 11 is 12.4. The number of carbonyl (C=O) groups is 1. The molecule has 9 heteroatoms. The summed E-state index contributed by atoms with van der Waals surface area (Å²) in [5.74, 6) is 0.337. The second kappa shape index (κ2) is 10.9. The van der Waals surface area contributed by atoms with Crippen LogP contribution < -0.4 is 10.2 Å². The zero-order valence-corrected chi connectivity index (χ0v) is 21.9. The van der Waals surface area contributed by atoms with Crippen molar-refractivity contribution in [1.82, 2.24) is 14.9 Å². The van der Waals surface area contributed by atoms with Crippen molar-refractivity contribution < 1.29 is 13.9 Å². The lowest BCUT2D eigenvalue weighted by Gasteiger charge is -2.26. The van der Waals surface area contributed by atoms with Crippen LogP contribution in [0.25, 0.3) is 11.0 Å². The smallest absolute Gasteiger partial charge is 0.407 e. The van der Waals surface area contributed by atoms with Crippen LogP contribution in [0.5, 0.6) is 0 Å². The zero-order valence-electron chi connectivity index (χ0n) is 20.4. The fraction of sp³-hybridized carbons (Fsp3) is 0.481. The van der Waals surface area contributed by atoms with E-state index in [1.54, 1.807) is 24.5 Å². The fourth-order valence-electron chi connectivity index (χ4n) is 5.59. The summed E-state index contributed by atoms with van der Waals surface area (Å²) in [7, 11) is 0. The Hall–Kier alpha value is -2.51. The molecule has 2 atom stereocenters. The van der Waals surface area contributed by atoms with E-state index in [4.69, 9.17) is 27.9 Å². The molecule has 3 aromatic rings. The minimum Gasteiger partial charge on any atom is -0.444 e. The van der Waals surface area contributed by atoms with Crippen LogP contribution >= 0.6 is 23.2 Å². The summed E-state index contributed by atoms with van der Waals surface area (Å²) in [5.41, 5.74) is 3.66. The molecule has 1 aliphatic carbocycles. The standard InChI is InChI=1S/C27H31Cl2FN4O2/c1-17(14-33-9-8-19-11-20(30)6-7-25(19)33)32-27(35)36-21(10-18-4-2-3-5-18)15-34-16-31-24-12-22(28)23(29)13-26(24)34/h6-7,11-13,16-18,21H,2-5,8-10,14-15H2,1H3,(H,32,35). The van der Waals surface area contributed by atoms with E-state index < -0.39 is 6.09 Å². The van der Waals surface area contributed by atoms with E-state index in [1.807, 2.05) is 17.6 Å². The van der Waals surface area contributed by atoms with Crippen molar-refractivity contribution >= 4 is 46.0 Å². The van der Waals surface area contributed by atoms with Gasteiger partial charge in [0, 0.05) is 24.8 Å². The Morgan fingerprint density at radius 3 is 2.78 bits per heavy atom. The molecule has 1 aliphatic heterocycles. The van der Waals surface area contributed by atoms with Crippen molar-refractivity contribution in [3.63, 3.8) is 0 Å². The highest BCUT2D eigenvalue weighted by molar-refractivity contribution is 6.42. The lowest BCUT2D eigenvalue weighted by atomic mass is 10.00. The number of nitrogens with zero attached hydrogens (tertiary/aromatic N) is 3. The third-order valence-electron chi connectivity index (χ3n) is 7.30. The van der Waals surface area contributed by atoms with Crippen LogP contribution in [0.1, 0.15) is 44.6 Å². The molecule has 0 bridgehead atoms.